The molecular weight excluding hydrogens is 256 g/mol. The number of halogens is 1. The van der Waals surface area contributed by atoms with Gasteiger partial charge in [0.1, 0.15) is 0 Å². The van der Waals surface area contributed by atoms with Gasteiger partial charge in [0.05, 0.1) is 0 Å². The maximum absolute atomic E-state index is 5.87. The molecule has 0 fully saturated rings. The molecule has 0 atom stereocenters. The molecule has 3 heteroatoms. The Kier molecular flexibility index (Phi) is 3.60. The number of anilines is 2. The van der Waals surface area contributed by atoms with E-state index in [0.29, 0.717) is 0 Å². The molecule has 0 amide bonds. The van der Waals surface area contributed by atoms with Crippen molar-refractivity contribution in [3.63, 3.8) is 0 Å². The van der Waals surface area contributed by atoms with Crippen LogP contribution < -0.4 is 10.2 Å². The molecule has 0 saturated carbocycles. The van der Waals surface area contributed by atoms with E-state index in [2.05, 4.69) is 34.5 Å². The molecule has 1 aliphatic heterocycles. The Morgan fingerprint density at radius 2 is 1.84 bits per heavy atom. The highest BCUT2D eigenvalue weighted by Crippen LogP contribution is 2.26. The van der Waals surface area contributed by atoms with Gasteiger partial charge in [-0.15, -0.1) is 0 Å². The van der Waals surface area contributed by atoms with Gasteiger partial charge in [-0.1, -0.05) is 29.8 Å². The molecule has 2 aromatic rings. The Balaban J connectivity index is 1.55. The van der Waals surface area contributed by atoms with Crippen molar-refractivity contribution in [1.29, 1.82) is 0 Å². The molecule has 0 bridgehead atoms. The standard InChI is InChI=1S/C16H17ClN2/c17-14-5-7-15(8-6-14)18-10-12-19-11-9-13-3-1-2-4-16(13)19/h1-8,18H,9-12H2. The van der Waals surface area contributed by atoms with Crippen LogP contribution in [-0.4, -0.2) is 19.6 Å². The molecule has 19 heavy (non-hydrogen) atoms. The molecule has 0 unspecified atom stereocenters. The van der Waals surface area contributed by atoms with Gasteiger partial charge in [-0.25, -0.2) is 0 Å². The fraction of sp³-hybridized carbons (Fsp3) is 0.250. The molecule has 1 heterocycles. The molecule has 1 aliphatic rings. The lowest BCUT2D eigenvalue weighted by Crippen LogP contribution is -2.27. The summed E-state index contributed by atoms with van der Waals surface area (Å²) in [6, 6.07) is 16.5. The quantitative estimate of drug-likeness (QED) is 0.910. The van der Waals surface area contributed by atoms with Crippen LogP contribution >= 0.6 is 11.6 Å². The van der Waals surface area contributed by atoms with Gasteiger partial charge < -0.3 is 10.2 Å². The summed E-state index contributed by atoms with van der Waals surface area (Å²) in [6.45, 7) is 3.09. The highest BCUT2D eigenvalue weighted by Gasteiger charge is 2.17. The number of hydrogen-bond acceptors (Lipinski definition) is 2. The van der Waals surface area contributed by atoms with E-state index in [1.807, 2.05) is 24.3 Å². The minimum absolute atomic E-state index is 0.777. The first-order valence-corrected chi connectivity index (χ1v) is 7.03. The lowest BCUT2D eigenvalue weighted by Gasteiger charge is -2.19. The van der Waals surface area contributed by atoms with Crippen molar-refractivity contribution in [3.05, 3.63) is 59.1 Å². The Morgan fingerprint density at radius 3 is 2.68 bits per heavy atom. The lowest BCUT2D eigenvalue weighted by atomic mass is 10.2. The monoisotopic (exact) mass is 272 g/mol. The summed E-state index contributed by atoms with van der Waals surface area (Å²) in [5.41, 5.74) is 3.98. The van der Waals surface area contributed by atoms with Crippen molar-refractivity contribution < 1.29 is 0 Å². The molecule has 0 spiro atoms. The van der Waals surface area contributed by atoms with Crippen molar-refractivity contribution in [1.82, 2.24) is 0 Å². The molecule has 0 radical (unpaired) electrons. The minimum Gasteiger partial charge on any atom is -0.383 e. The zero-order valence-corrected chi connectivity index (χ0v) is 11.5. The summed E-state index contributed by atoms with van der Waals surface area (Å²) in [4.78, 5) is 2.44. The fourth-order valence-electron chi connectivity index (χ4n) is 2.54. The lowest BCUT2D eigenvalue weighted by molar-refractivity contribution is 0.839. The number of benzene rings is 2. The maximum atomic E-state index is 5.87. The van der Waals surface area contributed by atoms with Crippen LogP contribution in [0.25, 0.3) is 0 Å². The van der Waals surface area contributed by atoms with Crippen LogP contribution in [0.4, 0.5) is 11.4 Å². The van der Waals surface area contributed by atoms with Crippen molar-refractivity contribution in [2.75, 3.05) is 29.9 Å². The third-order valence-corrected chi connectivity index (χ3v) is 3.79. The summed E-state index contributed by atoms with van der Waals surface area (Å²) in [7, 11) is 0. The summed E-state index contributed by atoms with van der Waals surface area (Å²) >= 11 is 5.87. The van der Waals surface area contributed by atoms with E-state index in [1.165, 1.54) is 11.3 Å². The average molecular weight is 273 g/mol. The molecular formula is C16H17ClN2. The predicted molar refractivity (Wildman–Crippen MR) is 82.3 cm³/mol. The molecule has 1 N–H and O–H groups in total. The van der Waals surface area contributed by atoms with E-state index in [-0.39, 0.29) is 0 Å². The molecule has 2 aromatic carbocycles. The van der Waals surface area contributed by atoms with Gasteiger partial charge in [-0.05, 0) is 42.3 Å². The zero-order chi connectivity index (χ0) is 13.1. The Morgan fingerprint density at radius 1 is 1.05 bits per heavy atom. The summed E-state index contributed by atoms with van der Waals surface area (Å²) in [5.74, 6) is 0. The first-order valence-electron chi connectivity index (χ1n) is 6.65. The largest absolute Gasteiger partial charge is 0.383 e. The van der Waals surface area contributed by atoms with Gasteiger partial charge in [0, 0.05) is 36.0 Å². The van der Waals surface area contributed by atoms with E-state index in [9.17, 15) is 0 Å². The number of hydrogen-bond donors (Lipinski definition) is 1. The van der Waals surface area contributed by atoms with Crippen LogP contribution in [0.5, 0.6) is 0 Å². The zero-order valence-electron chi connectivity index (χ0n) is 10.8. The number of fused-ring (bicyclic) bond motifs is 1. The first kappa shape index (κ1) is 12.4. The molecule has 98 valence electrons. The van der Waals surface area contributed by atoms with Crippen LogP contribution in [0.2, 0.25) is 5.02 Å². The molecule has 0 aliphatic carbocycles. The second-order valence-corrected chi connectivity index (χ2v) is 5.24. The summed E-state index contributed by atoms with van der Waals surface area (Å²) < 4.78 is 0. The fourth-order valence-corrected chi connectivity index (χ4v) is 2.67. The highest BCUT2D eigenvalue weighted by molar-refractivity contribution is 6.30. The topological polar surface area (TPSA) is 15.3 Å². The van der Waals surface area contributed by atoms with Gasteiger partial charge in [0.15, 0.2) is 0 Å². The third kappa shape index (κ3) is 2.85. The number of nitrogens with zero attached hydrogens (tertiary/aromatic N) is 1. The maximum Gasteiger partial charge on any atom is 0.0407 e. The van der Waals surface area contributed by atoms with Crippen molar-refractivity contribution in [2.45, 2.75) is 6.42 Å². The van der Waals surface area contributed by atoms with Gasteiger partial charge in [-0.2, -0.15) is 0 Å². The van der Waals surface area contributed by atoms with E-state index >= 15 is 0 Å². The normalized spacial score (nSPS) is 13.4. The van der Waals surface area contributed by atoms with Crippen molar-refractivity contribution in [3.8, 4) is 0 Å². The average Bonchev–Trinajstić information content (AvgIpc) is 2.85. The van der Waals surface area contributed by atoms with Crippen LogP contribution in [0, 0.1) is 0 Å². The summed E-state index contributed by atoms with van der Waals surface area (Å²) in [6.07, 6.45) is 1.16. The number of nitrogens with one attached hydrogen (secondary N) is 1. The van der Waals surface area contributed by atoms with Crippen LogP contribution in [-0.2, 0) is 6.42 Å². The van der Waals surface area contributed by atoms with Crippen LogP contribution in [0.15, 0.2) is 48.5 Å². The van der Waals surface area contributed by atoms with Gasteiger partial charge in [0.2, 0.25) is 0 Å². The predicted octanol–water partition coefficient (Wildman–Crippen LogP) is 3.81. The first-order chi connectivity index (χ1) is 9.33. The minimum atomic E-state index is 0.777. The van der Waals surface area contributed by atoms with Crippen LogP contribution in [0.1, 0.15) is 5.56 Å². The number of para-hydroxylation sites is 1. The molecule has 0 aromatic heterocycles. The molecule has 2 nitrogen and oxygen atoms in total. The van der Waals surface area contributed by atoms with Crippen LogP contribution in [0.3, 0.4) is 0 Å². The Hall–Kier alpha value is -1.67. The smallest absolute Gasteiger partial charge is 0.0407 e. The van der Waals surface area contributed by atoms with Gasteiger partial charge in [-0.3, -0.25) is 0 Å². The SMILES string of the molecule is Clc1ccc(NCCN2CCc3ccccc32)cc1. The highest BCUT2D eigenvalue weighted by atomic mass is 35.5. The van der Waals surface area contributed by atoms with Crippen molar-refractivity contribution in [2.24, 2.45) is 0 Å². The molecule has 0 saturated heterocycles. The van der Waals surface area contributed by atoms with E-state index in [0.717, 1.165) is 36.8 Å². The Labute approximate surface area is 119 Å². The second kappa shape index (κ2) is 5.54. The second-order valence-electron chi connectivity index (χ2n) is 4.80. The van der Waals surface area contributed by atoms with Crippen molar-refractivity contribution >= 4 is 23.0 Å². The van der Waals surface area contributed by atoms with E-state index < -0.39 is 0 Å². The molecule has 3 rings (SSSR count). The Bertz CT molecular complexity index is 551. The van der Waals surface area contributed by atoms with E-state index in [4.69, 9.17) is 11.6 Å². The van der Waals surface area contributed by atoms with E-state index in [1.54, 1.807) is 0 Å². The van der Waals surface area contributed by atoms with Gasteiger partial charge >= 0.3 is 0 Å². The van der Waals surface area contributed by atoms with Gasteiger partial charge in [0.25, 0.3) is 0 Å². The summed E-state index contributed by atoms with van der Waals surface area (Å²) in [5, 5.41) is 4.21. The third-order valence-electron chi connectivity index (χ3n) is 3.54. The number of rotatable bonds is 4.